The third kappa shape index (κ3) is 7.95. The number of aliphatic hydroxyl groups is 1. The topological polar surface area (TPSA) is 133 Å². The Kier molecular flexibility index (Phi) is 9.70. The second kappa shape index (κ2) is 11.0. The number of sulfone groups is 1. The van der Waals surface area contributed by atoms with Crippen molar-refractivity contribution in [2.24, 2.45) is 4.99 Å². The number of furan rings is 1. The Labute approximate surface area is 182 Å². The lowest BCUT2D eigenvalue weighted by Gasteiger charge is -2.19. The van der Waals surface area contributed by atoms with Crippen molar-refractivity contribution >= 4 is 45.7 Å². The van der Waals surface area contributed by atoms with Gasteiger partial charge >= 0.3 is 0 Å². The molecule has 11 heteroatoms. The first-order valence-electron chi connectivity index (χ1n) is 9.00. The highest BCUT2D eigenvalue weighted by molar-refractivity contribution is 14.0. The lowest BCUT2D eigenvalue weighted by Crippen LogP contribution is -2.41. The summed E-state index contributed by atoms with van der Waals surface area (Å²) in [7, 11) is -3.01. The van der Waals surface area contributed by atoms with E-state index in [0.717, 1.165) is 0 Å². The first kappa shape index (κ1) is 24.7. The maximum absolute atomic E-state index is 12.0. The van der Waals surface area contributed by atoms with E-state index in [1.165, 1.54) is 6.26 Å². The summed E-state index contributed by atoms with van der Waals surface area (Å²) >= 11 is 0. The van der Waals surface area contributed by atoms with E-state index in [0.29, 0.717) is 31.2 Å². The molecule has 160 valence electrons. The maximum Gasteiger partial charge on any atom is 0.222 e. The predicted octanol–water partition coefficient (Wildman–Crippen LogP) is 0.354. The minimum Gasteiger partial charge on any atom is -0.466 e. The molecule has 1 saturated heterocycles. The molecule has 4 N–H and O–H groups in total. The van der Waals surface area contributed by atoms with E-state index < -0.39 is 15.4 Å². The summed E-state index contributed by atoms with van der Waals surface area (Å²) in [5, 5.41) is 19.3. The van der Waals surface area contributed by atoms with Gasteiger partial charge in [0.15, 0.2) is 15.8 Å². The predicted molar refractivity (Wildman–Crippen MR) is 117 cm³/mol. The van der Waals surface area contributed by atoms with Crippen molar-refractivity contribution in [1.82, 2.24) is 16.0 Å². The van der Waals surface area contributed by atoms with Gasteiger partial charge in [0, 0.05) is 25.6 Å². The van der Waals surface area contributed by atoms with Gasteiger partial charge in [0.2, 0.25) is 5.91 Å². The van der Waals surface area contributed by atoms with Crippen molar-refractivity contribution in [2.75, 3.05) is 31.1 Å². The number of amides is 1. The molecule has 1 fully saturated rings. The maximum atomic E-state index is 12.0. The first-order valence-corrected chi connectivity index (χ1v) is 10.8. The van der Waals surface area contributed by atoms with Crippen molar-refractivity contribution in [2.45, 2.75) is 38.3 Å². The molecule has 1 aliphatic rings. The summed E-state index contributed by atoms with van der Waals surface area (Å²) in [4.78, 5) is 16.3. The third-order valence-corrected chi connectivity index (χ3v) is 5.95. The van der Waals surface area contributed by atoms with E-state index >= 15 is 0 Å². The zero-order valence-corrected chi connectivity index (χ0v) is 19.2. The van der Waals surface area contributed by atoms with Gasteiger partial charge in [0.1, 0.15) is 11.4 Å². The number of nitrogens with one attached hydrogen (secondary N) is 3. The van der Waals surface area contributed by atoms with Crippen LogP contribution in [0.25, 0.3) is 0 Å². The van der Waals surface area contributed by atoms with Crippen molar-refractivity contribution in [3.8, 4) is 0 Å². The number of guanidine groups is 1. The molecule has 1 aromatic rings. The summed E-state index contributed by atoms with van der Waals surface area (Å²) in [6.07, 6.45) is 2.15. The SMILES string of the molecule is CCNC(=NCC(C)(O)c1ccco1)NCCC(=O)NC1CCS(=O)(=O)C1.I. The van der Waals surface area contributed by atoms with Gasteiger partial charge in [-0.25, -0.2) is 13.4 Å². The molecule has 2 unspecified atom stereocenters. The van der Waals surface area contributed by atoms with Crippen LogP contribution >= 0.6 is 24.0 Å². The van der Waals surface area contributed by atoms with Gasteiger partial charge < -0.3 is 25.5 Å². The molecule has 2 heterocycles. The van der Waals surface area contributed by atoms with Crippen molar-refractivity contribution < 1.29 is 22.7 Å². The summed E-state index contributed by atoms with van der Waals surface area (Å²) < 4.78 is 28.1. The second-order valence-electron chi connectivity index (χ2n) is 6.79. The van der Waals surface area contributed by atoms with Crippen LogP contribution in [0.1, 0.15) is 32.4 Å². The number of halogens is 1. The Hall–Kier alpha value is -1.34. The Morgan fingerprint density at radius 3 is 2.75 bits per heavy atom. The Morgan fingerprint density at radius 1 is 1.43 bits per heavy atom. The third-order valence-electron chi connectivity index (χ3n) is 4.18. The highest BCUT2D eigenvalue weighted by atomic mass is 127. The fraction of sp³-hybridized carbons (Fsp3) is 0.647. The van der Waals surface area contributed by atoms with Crippen LogP contribution < -0.4 is 16.0 Å². The minimum absolute atomic E-state index is 0. The van der Waals surface area contributed by atoms with Gasteiger partial charge in [0.05, 0.1) is 24.3 Å². The average Bonchev–Trinajstić information content (AvgIpc) is 3.23. The van der Waals surface area contributed by atoms with E-state index in [9.17, 15) is 18.3 Å². The van der Waals surface area contributed by atoms with Crippen LogP contribution in [0.3, 0.4) is 0 Å². The van der Waals surface area contributed by atoms with Crippen LogP contribution in [0.15, 0.2) is 27.8 Å². The van der Waals surface area contributed by atoms with E-state index in [-0.39, 0.29) is 60.4 Å². The van der Waals surface area contributed by atoms with Crippen LogP contribution in [0, 0.1) is 0 Å². The number of rotatable bonds is 8. The van der Waals surface area contributed by atoms with Crippen LogP contribution in [-0.2, 0) is 20.2 Å². The molecule has 1 aliphatic heterocycles. The minimum atomic E-state index is -3.01. The normalized spacial score (nSPS) is 20.7. The highest BCUT2D eigenvalue weighted by Gasteiger charge is 2.29. The monoisotopic (exact) mass is 528 g/mol. The molecule has 1 amide bonds. The van der Waals surface area contributed by atoms with E-state index in [2.05, 4.69) is 20.9 Å². The van der Waals surface area contributed by atoms with Gasteiger partial charge in [-0.05, 0) is 32.4 Å². The molecule has 0 aromatic carbocycles. The fourth-order valence-corrected chi connectivity index (χ4v) is 4.41. The smallest absolute Gasteiger partial charge is 0.222 e. The van der Waals surface area contributed by atoms with Crippen molar-refractivity contribution in [3.05, 3.63) is 24.2 Å². The standard InChI is InChI=1S/C17H28N4O5S.HI/c1-3-18-16(20-12-17(2,23)14-5-4-9-26-14)19-8-6-15(22)21-13-7-10-27(24,25)11-13;/h4-5,9,13,23H,3,6-8,10-12H2,1-2H3,(H,21,22)(H2,18,19,20);1H. The molecule has 0 saturated carbocycles. The zero-order valence-electron chi connectivity index (χ0n) is 16.1. The molecule has 2 atom stereocenters. The van der Waals surface area contributed by atoms with Gasteiger partial charge in [-0.15, -0.1) is 24.0 Å². The molecular formula is C17H29IN4O5S. The molecule has 2 rings (SSSR count). The molecule has 28 heavy (non-hydrogen) atoms. The summed E-state index contributed by atoms with van der Waals surface area (Å²) in [5.41, 5.74) is -1.24. The lowest BCUT2D eigenvalue weighted by molar-refractivity contribution is -0.121. The Balaban J connectivity index is 0.00000392. The Morgan fingerprint density at radius 2 is 2.18 bits per heavy atom. The fourth-order valence-electron chi connectivity index (χ4n) is 2.74. The second-order valence-corrected chi connectivity index (χ2v) is 9.02. The number of carbonyl (C=O) groups is 1. The van der Waals surface area contributed by atoms with Crippen LogP contribution in [0.4, 0.5) is 0 Å². The quantitative estimate of drug-likeness (QED) is 0.218. The van der Waals surface area contributed by atoms with E-state index in [1.54, 1.807) is 19.1 Å². The van der Waals surface area contributed by atoms with E-state index in [4.69, 9.17) is 4.42 Å². The average molecular weight is 528 g/mol. The highest BCUT2D eigenvalue weighted by Crippen LogP contribution is 2.21. The molecule has 0 bridgehead atoms. The van der Waals surface area contributed by atoms with E-state index in [1.807, 2.05) is 6.92 Å². The molecule has 1 aromatic heterocycles. The van der Waals surface area contributed by atoms with Gasteiger partial charge in [-0.2, -0.15) is 0 Å². The number of nitrogens with zero attached hydrogens (tertiary/aromatic N) is 1. The van der Waals surface area contributed by atoms with Gasteiger partial charge in [-0.1, -0.05) is 0 Å². The number of aliphatic imine (C=N–C) groups is 1. The van der Waals surface area contributed by atoms with Crippen LogP contribution in [-0.4, -0.2) is 62.6 Å². The summed E-state index contributed by atoms with van der Waals surface area (Å²) in [6, 6.07) is 3.09. The molecule has 0 spiro atoms. The van der Waals surface area contributed by atoms with Crippen molar-refractivity contribution in [3.63, 3.8) is 0 Å². The van der Waals surface area contributed by atoms with Gasteiger partial charge in [-0.3, -0.25) is 4.79 Å². The number of carbonyl (C=O) groups excluding carboxylic acids is 1. The van der Waals surface area contributed by atoms with Crippen molar-refractivity contribution in [1.29, 1.82) is 0 Å². The summed E-state index contributed by atoms with van der Waals surface area (Å²) in [6.45, 7) is 4.57. The largest absolute Gasteiger partial charge is 0.466 e. The van der Waals surface area contributed by atoms with Gasteiger partial charge in [0.25, 0.3) is 0 Å². The summed E-state index contributed by atoms with van der Waals surface area (Å²) in [5.74, 6) is 0.831. The molecule has 9 nitrogen and oxygen atoms in total. The molecule has 0 radical (unpaired) electrons. The molecule has 0 aliphatic carbocycles. The number of hydrogen-bond acceptors (Lipinski definition) is 6. The number of hydrogen-bond donors (Lipinski definition) is 4. The zero-order chi connectivity index (χ0) is 19.9. The molecular weight excluding hydrogens is 499 g/mol. The van der Waals surface area contributed by atoms with Crippen LogP contribution in [0.5, 0.6) is 0 Å². The first-order chi connectivity index (χ1) is 12.7. The van der Waals surface area contributed by atoms with Crippen LogP contribution in [0.2, 0.25) is 0 Å². The Bertz CT molecular complexity index is 750. The lowest BCUT2D eigenvalue weighted by atomic mass is 10.0.